The van der Waals surface area contributed by atoms with E-state index in [-0.39, 0.29) is 0 Å². The van der Waals surface area contributed by atoms with Crippen molar-refractivity contribution < 1.29 is 14.6 Å². The zero-order chi connectivity index (χ0) is 10.9. The van der Waals surface area contributed by atoms with Gasteiger partial charge in [-0.15, -0.1) is 11.3 Å². The maximum absolute atomic E-state index is 11.5. The highest BCUT2D eigenvalue weighted by Gasteiger charge is 2.43. The standard InChI is InChI=1S/C11H14O3S/c1-8-2-7-15-9(8)11(10(12)13)3-5-14-6-4-11/h2,7H,3-6H2,1H3,(H,12,13). The van der Waals surface area contributed by atoms with Crippen LogP contribution in [0.2, 0.25) is 0 Å². The zero-order valence-corrected chi connectivity index (χ0v) is 9.47. The van der Waals surface area contributed by atoms with E-state index in [4.69, 9.17) is 4.74 Å². The number of hydrogen-bond donors (Lipinski definition) is 1. The fourth-order valence-corrected chi connectivity index (χ4v) is 3.30. The first kappa shape index (κ1) is 10.6. The monoisotopic (exact) mass is 226 g/mol. The van der Waals surface area contributed by atoms with Crippen LogP contribution in [0.5, 0.6) is 0 Å². The van der Waals surface area contributed by atoms with Gasteiger partial charge in [-0.25, -0.2) is 0 Å². The first-order valence-corrected chi connectivity index (χ1v) is 5.90. The second kappa shape index (κ2) is 3.94. The van der Waals surface area contributed by atoms with E-state index in [1.807, 2.05) is 18.4 Å². The van der Waals surface area contributed by atoms with Gasteiger partial charge in [0.1, 0.15) is 5.41 Å². The highest BCUT2D eigenvalue weighted by Crippen LogP contribution is 2.39. The van der Waals surface area contributed by atoms with Crippen LogP contribution in [0.4, 0.5) is 0 Å². The molecule has 0 atom stereocenters. The van der Waals surface area contributed by atoms with Crippen molar-refractivity contribution in [2.24, 2.45) is 0 Å². The smallest absolute Gasteiger partial charge is 0.315 e. The van der Waals surface area contributed by atoms with Gasteiger partial charge in [-0.2, -0.15) is 0 Å². The summed E-state index contributed by atoms with van der Waals surface area (Å²) in [7, 11) is 0. The van der Waals surface area contributed by atoms with Crippen LogP contribution in [0.15, 0.2) is 11.4 Å². The number of hydrogen-bond acceptors (Lipinski definition) is 3. The van der Waals surface area contributed by atoms with Gasteiger partial charge in [-0.1, -0.05) is 0 Å². The van der Waals surface area contributed by atoms with Crippen molar-refractivity contribution in [1.29, 1.82) is 0 Å². The number of rotatable bonds is 2. The van der Waals surface area contributed by atoms with Crippen molar-refractivity contribution in [3.05, 3.63) is 21.9 Å². The zero-order valence-electron chi connectivity index (χ0n) is 8.66. The number of thiophene rings is 1. The predicted octanol–water partition coefficient (Wildman–Crippen LogP) is 2.19. The molecule has 0 spiro atoms. The molecule has 15 heavy (non-hydrogen) atoms. The van der Waals surface area contributed by atoms with Gasteiger partial charge in [0, 0.05) is 18.1 Å². The van der Waals surface area contributed by atoms with E-state index in [0.717, 1.165) is 10.4 Å². The molecule has 0 bridgehead atoms. The molecule has 1 aliphatic heterocycles. The third kappa shape index (κ3) is 1.68. The molecule has 0 unspecified atom stereocenters. The van der Waals surface area contributed by atoms with Crippen molar-refractivity contribution in [2.45, 2.75) is 25.2 Å². The lowest BCUT2D eigenvalue weighted by Gasteiger charge is -2.32. The van der Waals surface area contributed by atoms with Gasteiger partial charge < -0.3 is 9.84 Å². The van der Waals surface area contributed by atoms with Crippen LogP contribution in [-0.4, -0.2) is 24.3 Å². The molecule has 2 rings (SSSR count). The minimum atomic E-state index is -0.712. The minimum Gasteiger partial charge on any atom is -0.481 e. The van der Waals surface area contributed by atoms with Crippen molar-refractivity contribution in [1.82, 2.24) is 0 Å². The molecule has 2 heterocycles. The molecule has 82 valence electrons. The summed E-state index contributed by atoms with van der Waals surface area (Å²) in [5, 5.41) is 11.4. The van der Waals surface area contributed by atoms with Gasteiger partial charge in [0.05, 0.1) is 0 Å². The fourth-order valence-electron chi connectivity index (χ4n) is 2.12. The first-order valence-electron chi connectivity index (χ1n) is 5.02. The molecular formula is C11H14O3S. The lowest BCUT2D eigenvalue weighted by Crippen LogP contribution is -2.41. The largest absolute Gasteiger partial charge is 0.481 e. The second-order valence-electron chi connectivity index (χ2n) is 3.93. The highest BCUT2D eigenvalue weighted by molar-refractivity contribution is 7.10. The maximum Gasteiger partial charge on any atom is 0.315 e. The van der Waals surface area contributed by atoms with Gasteiger partial charge in [-0.3, -0.25) is 4.79 Å². The van der Waals surface area contributed by atoms with Gasteiger partial charge in [0.2, 0.25) is 0 Å². The maximum atomic E-state index is 11.5. The van der Waals surface area contributed by atoms with Crippen molar-refractivity contribution in [2.75, 3.05) is 13.2 Å². The van der Waals surface area contributed by atoms with E-state index in [2.05, 4.69) is 0 Å². The average molecular weight is 226 g/mol. The molecule has 0 aromatic carbocycles. The molecule has 0 amide bonds. The molecule has 4 heteroatoms. The Morgan fingerprint density at radius 3 is 2.67 bits per heavy atom. The van der Waals surface area contributed by atoms with Crippen LogP contribution in [0, 0.1) is 6.92 Å². The molecule has 0 saturated carbocycles. The van der Waals surface area contributed by atoms with Crippen molar-refractivity contribution in [3.63, 3.8) is 0 Å². The summed E-state index contributed by atoms with van der Waals surface area (Å²) in [5.74, 6) is -0.712. The lowest BCUT2D eigenvalue weighted by atomic mass is 9.77. The van der Waals surface area contributed by atoms with E-state index in [9.17, 15) is 9.90 Å². The summed E-state index contributed by atoms with van der Waals surface area (Å²) in [4.78, 5) is 12.5. The SMILES string of the molecule is Cc1ccsc1C1(C(=O)O)CCOCC1. The highest BCUT2D eigenvalue weighted by atomic mass is 32.1. The van der Waals surface area contributed by atoms with Gasteiger partial charge >= 0.3 is 5.97 Å². The van der Waals surface area contributed by atoms with Gasteiger partial charge in [0.15, 0.2) is 0 Å². The summed E-state index contributed by atoms with van der Waals surface area (Å²) in [6.45, 7) is 3.07. The predicted molar refractivity (Wildman–Crippen MR) is 58.4 cm³/mol. The Morgan fingerprint density at radius 1 is 1.53 bits per heavy atom. The number of aryl methyl sites for hydroxylation is 1. The summed E-state index contributed by atoms with van der Waals surface area (Å²) >= 11 is 1.55. The van der Waals surface area contributed by atoms with E-state index in [0.29, 0.717) is 26.1 Å². The van der Waals surface area contributed by atoms with Crippen LogP contribution in [-0.2, 0) is 14.9 Å². The van der Waals surface area contributed by atoms with Crippen LogP contribution in [0.25, 0.3) is 0 Å². The van der Waals surface area contributed by atoms with Crippen LogP contribution >= 0.6 is 11.3 Å². The Balaban J connectivity index is 2.42. The fraction of sp³-hybridized carbons (Fsp3) is 0.545. The molecular weight excluding hydrogens is 212 g/mol. The molecule has 1 fully saturated rings. The van der Waals surface area contributed by atoms with Crippen LogP contribution in [0.1, 0.15) is 23.3 Å². The lowest BCUT2D eigenvalue weighted by molar-refractivity contribution is -0.147. The molecule has 0 radical (unpaired) electrons. The Kier molecular flexibility index (Phi) is 2.80. The molecule has 1 N–H and O–H groups in total. The molecule has 3 nitrogen and oxygen atoms in total. The quantitative estimate of drug-likeness (QED) is 0.840. The Labute approximate surface area is 92.7 Å². The number of aliphatic carboxylic acids is 1. The average Bonchev–Trinajstić information content (AvgIpc) is 2.66. The van der Waals surface area contributed by atoms with Crippen molar-refractivity contribution in [3.8, 4) is 0 Å². The summed E-state index contributed by atoms with van der Waals surface area (Å²) in [6.07, 6.45) is 1.17. The van der Waals surface area contributed by atoms with Gasteiger partial charge in [0.25, 0.3) is 0 Å². The van der Waals surface area contributed by atoms with Crippen LogP contribution in [0.3, 0.4) is 0 Å². The van der Waals surface area contributed by atoms with E-state index < -0.39 is 11.4 Å². The Bertz CT molecular complexity index is 364. The second-order valence-corrected chi connectivity index (χ2v) is 4.85. The third-order valence-corrected chi connectivity index (χ3v) is 4.27. The summed E-state index contributed by atoms with van der Waals surface area (Å²) in [6, 6.07) is 1.99. The number of carboxylic acids is 1. The Morgan fingerprint density at radius 2 is 2.20 bits per heavy atom. The molecule has 1 aromatic rings. The molecule has 1 aliphatic rings. The first-order chi connectivity index (χ1) is 7.17. The summed E-state index contributed by atoms with van der Waals surface area (Å²) in [5.41, 5.74) is 0.389. The van der Waals surface area contributed by atoms with E-state index >= 15 is 0 Å². The third-order valence-electron chi connectivity index (χ3n) is 3.05. The molecule has 0 aliphatic carbocycles. The molecule has 1 aromatic heterocycles. The number of carboxylic acid groups (broad SMARTS) is 1. The molecule has 1 saturated heterocycles. The minimum absolute atomic E-state index is 0.545. The van der Waals surface area contributed by atoms with Gasteiger partial charge in [-0.05, 0) is 36.8 Å². The topological polar surface area (TPSA) is 46.5 Å². The normalized spacial score (nSPS) is 20.1. The van der Waals surface area contributed by atoms with Crippen LogP contribution < -0.4 is 0 Å². The van der Waals surface area contributed by atoms with Crippen molar-refractivity contribution >= 4 is 17.3 Å². The number of ether oxygens (including phenoxy) is 1. The summed E-state index contributed by atoms with van der Waals surface area (Å²) < 4.78 is 5.25. The Hall–Kier alpha value is -0.870. The van der Waals surface area contributed by atoms with E-state index in [1.54, 1.807) is 11.3 Å². The van der Waals surface area contributed by atoms with E-state index in [1.165, 1.54) is 0 Å². The number of carbonyl (C=O) groups is 1.